The third kappa shape index (κ3) is 3.82. The molecule has 0 aliphatic heterocycles. The Hall–Kier alpha value is -2.95. The largest absolute Gasteiger partial charge is 0.356 e. The van der Waals surface area contributed by atoms with Crippen molar-refractivity contribution in [1.29, 1.82) is 0 Å². The van der Waals surface area contributed by atoms with Crippen LogP contribution in [-0.4, -0.2) is 22.6 Å². The molecule has 1 amide bonds. The highest BCUT2D eigenvalue weighted by atomic mass is 16.5. The molecular weight excluding hydrogens is 326 g/mol. The van der Waals surface area contributed by atoms with E-state index in [1.54, 1.807) is 0 Å². The highest BCUT2D eigenvalue weighted by Crippen LogP contribution is 2.47. The van der Waals surface area contributed by atoms with Crippen LogP contribution in [0.25, 0.3) is 11.4 Å². The highest BCUT2D eigenvalue weighted by Gasteiger charge is 2.43. The van der Waals surface area contributed by atoms with Gasteiger partial charge in [0.1, 0.15) is 0 Å². The summed E-state index contributed by atoms with van der Waals surface area (Å²) in [5.74, 6) is 1.85. The number of aromatic nitrogens is 2. The molecule has 0 radical (unpaired) electrons. The first-order chi connectivity index (χ1) is 12.8. The highest BCUT2D eigenvalue weighted by molar-refractivity contribution is 5.82. The zero-order valence-electron chi connectivity index (χ0n) is 14.5. The molecule has 2 unspecified atom stereocenters. The molecule has 1 aliphatic carbocycles. The van der Waals surface area contributed by atoms with Gasteiger partial charge in [0.05, 0.1) is 0 Å². The summed E-state index contributed by atoms with van der Waals surface area (Å²) >= 11 is 0. The van der Waals surface area contributed by atoms with Gasteiger partial charge in [-0.3, -0.25) is 4.79 Å². The molecule has 0 spiro atoms. The molecule has 2 aromatic carbocycles. The summed E-state index contributed by atoms with van der Waals surface area (Å²) in [5.41, 5.74) is 2.20. The fourth-order valence-electron chi connectivity index (χ4n) is 3.20. The normalized spacial score (nSPS) is 18.5. The molecule has 1 fully saturated rings. The molecule has 4 rings (SSSR count). The van der Waals surface area contributed by atoms with Crippen molar-refractivity contribution in [2.75, 3.05) is 6.54 Å². The van der Waals surface area contributed by atoms with Crippen LogP contribution in [0.3, 0.4) is 0 Å². The number of hydrogen-bond donors (Lipinski definition) is 1. The lowest BCUT2D eigenvalue weighted by atomic mass is 10.1. The second kappa shape index (κ2) is 7.52. The van der Waals surface area contributed by atoms with Crippen molar-refractivity contribution < 1.29 is 9.32 Å². The number of carbonyl (C=O) groups excluding carboxylic acids is 1. The van der Waals surface area contributed by atoms with Crippen LogP contribution in [0.15, 0.2) is 65.2 Å². The Kier molecular flexibility index (Phi) is 4.78. The molecule has 3 aromatic rings. The lowest BCUT2D eigenvalue weighted by molar-refractivity contribution is -0.122. The van der Waals surface area contributed by atoms with Crippen molar-refractivity contribution in [1.82, 2.24) is 15.5 Å². The van der Waals surface area contributed by atoms with Crippen LogP contribution in [0.5, 0.6) is 0 Å². The van der Waals surface area contributed by atoms with Gasteiger partial charge in [0.2, 0.25) is 17.6 Å². The Labute approximate surface area is 152 Å². The Morgan fingerprint density at radius 1 is 1.08 bits per heavy atom. The van der Waals surface area contributed by atoms with E-state index in [-0.39, 0.29) is 11.8 Å². The molecule has 132 valence electrons. The molecule has 1 heterocycles. The van der Waals surface area contributed by atoms with Gasteiger partial charge in [0, 0.05) is 24.4 Å². The van der Waals surface area contributed by atoms with E-state index in [0.717, 1.165) is 18.4 Å². The quantitative estimate of drug-likeness (QED) is 0.663. The average molecular weight is 347 g/mol. The van der Waals surface area contributed by atoms with E-state index in [1.165, 1.54) is 5.56 Å². The molecule has 0 bridgehead atoms. The van der Waals surface area contributed by atoms with Gasteiger partial charge in [-0.15, -0.1) is 0 Å². The van der Waals surface area contributed by atoms with Gasteiger partial charge >= 0.3 is 0 Å². The predicted octanol–water partition coefficient (Wildman–Crippen LogP) is 3.59. The van der Waals surface area contributed by atoms with Gasteiger partial charge in [-0.05, 0) is 24.3 Å². The summed E-state index contributed by atoms with van der Waals surface area (Å²) in [6, 6.07) is 20.0. The molecule has 1 aromatic heterocycles. The van der Waals surface area contributed by atoms with Crippen molar-refractivity contribution in [3.63, 3.8) is 0 Å². The third-order valence-electron chi connectivity index (χ3n) is 4.72. The van der Waals surface area contributed by atoms with Crippen LogP contribution >= 0.6 is 0 Å². The number of nitrogens with zero attached hydrogens (tertiary/aromatic N) is 2. The van der Waals surface area contributed by atoms with Crippen molar-refractivity contribution in [2.45, 2.75) is 25.2 Å². The fraction of sp³-hybridized carbons (Fsp3) is 0.286. The Balaban J connectivity index is 1.20. The first-order valence-electron chi connectivity index (χ1n) is 9.02. The van der Waals surface area contributed by atoms with Crippen LogP contribution in [0.1, 0.15) is 30.2 Å². The minimum absolute atomic E-state index is 0.116. The lowest BCUT2D eigenvalue weighted by Gasteiger charge is -2.04. The molecule has 1 saturated carbocycles. The zero-order valence-corrected chi connectivity index (χ0v) is 14.5. The molecule has 5 nitrogen and oxygen atoms in total. The van der Waals surface area contributed by atoms with Gasteiger partial charge in [0.15, 0.2) is 0 Å². The maximum Gasteiger partial charge on any atom is 0.227 e. The maximum absolute atomic E-state index is 12.2. The number of hydrogen-bond acceptors (Lipinski definition) is 4. The van der Waals surface area contributed by atoms with Gasteiger partial charge < -0.3 is 9.84 Å². The van der Waals surface area contributed by atoms with E-state index in [1.807, 2.05) is 48.5 Å². The second-order valence-electron chi connectivity index (χ2n) is 6.63. The monoisotopic (exact) mass is 347 g/mol. The Bertz CT molecular complexity index is 861. The topological polar surface area (TPSA) is 68.0 Å². The summed E-state index contributed by atoms with van der Waals surface area (Å²) in [6.45, 7) is 0.625. The first-order valence-corrected chi connectivity index (χ1v) is 9.02. The number of amides is 1. The summed E-state index contributed by atoms with van der Waals surface area (Å²) in [4.78, 5) is 16.6. The molecule has 0 saturated heterocycles. The standard InChI is InChI=1S/C21H21N3O2/c25-21(18-14-17(18)15-8-3-1-4-9-15)22-13-7-12-19-23-20(24-26-19)16-10-5-2-6-11-16/h1-6,8-11,17-18H,7,12-14H2,(H,22,25). The van der Waals surface area contributed by atoms with Crippen LogP contribution in [0, 0.1) is 5.92 Å². The number of rotatable bonds is 7. The molecule has 2 atom stereocenters. The van der Waals surface area contributed by atoms with Crippen molar-refractivity contribution >= 4 is 5.91 Å². The number of nitrogens with one attached hydrogen (secondary N) is 1. The zero-order chi connectivity index (χ0) is 17.8. The Morgan fingerprint density at radius 3 is 2.58 bits per heavy atom. The second-order valence-corrected chi connectivity index (χ2v) is 6.63. The van der Waals surface area contributed by atoms with Gasteiger partial charge in [-0.1, -0.05) is 65.8 Å². The molecule has 26 heavy (non-hydrogen) atoms. The van der Waals surface area contributed by atoms with Gasteiger partial charge in [-0.25, -0.2) is 0 Å². The summed E-state index contributed by atoms with van der Waals surface area (Å²) in [5, 5.41) is 7.03. The van der Waals surface area contributed by atoms with Gasteiger partial charge in [0.25, 0.3) is 0 Å². The van der Waals surface area contributed by atoms with Crippen molar-refractivity contribution in [3.8, 4) is 11.4 Å². The maximum atomic E-state index is 12.2. The van der Waals surface area contributed by atoms with Crippen molar-refractivity contribution in [3.05, 3.63) is 72.1 Å². The van der Waals surface area contributed by atoms with E-state index in [0.29, 0.717) is 30.6 Å². The van der Waals surface area contributed by atoms with E-state index < -0.39 is 0 Å². The minimum Gasteiger partial charge on any atom is -0.356 e. The van der Waals surface area contributed by atoms with E-state index >= 15 is 0 Å². The third-order valence-corrected chi connectivity index (χ3v) is 4.72. The molecule has 5 heteroatoms. The van der Waals surface area contributed by atoms with Crippen molar-refractivity contribution in [2.24, 2.45) is 5.92 Å². The van der Waals surface area contributed by atoms with Crippen LogP contribution in [0.2, 0.25) is 0 Å². The van der Waals surface area contributed by atoms with E-state index in [9.17, 15) is 4.79 Å². The molecular formula is C21H21N3O2. The lowest BCUT2D eigenvalue weighted by Crippen LogP contribution is -2.26. The molecule has 1 N–H and O–H groups in total. The van der Waals surface area contributed by atoms with Crippen LogP contribution < -0.4 is 5.32 Å². The number of benzene rings is 2. The average Bonchev–Trinajstić information content (AvgIpc) is 3.37. The van der Waals surface area contributed by atoms with E-state index in [4.69, 9.17) is 4.52 Å². The summed E-state index contributed by atoms with van der Waals surface area (Å²) in [7, 11) is 0. The number of carbonyl (C=O) groups is 1. The minimum atomic E-state index is 0.116. The van der Waals surface area contributed by atoms with Gasteiger partial charge in [-0.2, -0.15) is 4.98 Å². The number of aryl methyl sites for hydroxylation is 1. The summed E-state index contributed by atoms with van der Waals surface area (Å²) in [6.07, 6.45) is 2.39. The first kappa shape index (κ1) is 16.5. The smallest absolute Gasteiger partial charge is 0.227 e. The van der Waals surface area contributed by atoms with Crippen LogP contribution in [0.4, 0.5) is 0 Å². The molecule has 1 aliphatic rings. The fourth-order valence-corrected chi connectivity index (χ4v) is 3.20. The van der Waals surface area contributed by atoms with E-state index in [2.05, 4.69) is 27.6 Å². The predicted molar refractivity (Wildman–Crippen MR) is 98.4 cm³/mol. The Morgan fingerprint density at radius 2 is 1.81 bits per heavy atom. The van der Waals surface area contributed by atoms with Crippen LogP contribution in [-0.2, 0) is 11.2 Å². The summed E-state index contributed by atoms with van der Waals surface area (Å²) < 4.78 is 5.29. The SMILES string of the molecule is O=C(NCCCc1nc(-c2ccccc2)no1)C1CC1c1ccccc1.